The van der Waals surface area contributed by atoms with Gasteiger partial charge in [-0.25, -0.2) is 0 Å². The highest BCUT2D eigenvalue weighted by molar-refractivity contribution is 5.94. The molecule has 1 amide bonds. The molecule has 0 aromatic carbocycles. The maximum absolute atomic E-state index is 12.2. The first-order chi connectivity index (χ1) is 9.61. The topological polar surface area (TPSA) is 64.4 Å². The maximum atomic E-state index is 12.2. The second-order valence-corrected chi connectivity index (χ2v) is 4.72. The van der Waals surface area contributed by atoms with Crippen LogP contribution in [0.4, 0.5) is 0 Å². The van der Waals surface area contributed by atoms with Gasteiger partial charge < -0.3 is 9.64 Å². The predicted octanol–water partition coefficient (Wildman–Crippen LogP) is 0.987. The van der Waals surface area contributed by atoms with E-state index in [-0.39, 0.29) is 24.5 Å². The second-order valence-electron chi connectivity index (χ2n) is 4.72. The van der Waals surface area contributed by atoms with E-state index in [0.29, 0.717) is 6.61 Å². The molecule has 0 saturated heterocycles. The van der Waals surface area contributed by atoms with Crippen molar-refractivity contribution in [2.45, 2.75) is 25.8 Å². The minimum atomic E-state index is -0.360. The number of esters is 1. The number of amides is 1. The van der Waals surface area contributed by atoms with Crippen LogP contribution in [-0.2, 0) is 21.4 Å². The number of carbonyl (C=O) groups is 2. The van der Waals surface area contributed by atoms with Gasteiger partial charge in [-0.3, -0.25) is 14.3 Å². The Bertz CT molecular complexity index is 517. The molecule has 0 bridgehead atoms. The van der Waals surface area contributed by atoms with Crippen molar-refractivity contribution in [2.75, 3.05) is 13.2 Å². The molecule has 1 aromatic heterocycles. The molecule has 0 aliphatic heterocycles. The Morgan fingerprint density at radius 2 is 2.30 bits per heavy atom. The molecule has 0 unspecified atom stereocenters. The lowest BCUT2D eigenvalue weighted by Crippen LogP contribution is -2.37. The van der Waals surface area contributed by atoms with Gasteiger partial charge >= 0.3 is 5.97 Å². The highest BCUT2D eigenvalue weighted by Crippen LogP contribution is 2.27. The summed E-state index contributed by atoms with van der Waals surface area (Å²) >= 11 is 0. The summed E-state index contributed by atoms with van der Waals surface area (Å²) in [5, 5.41) is 4.03. The van der Waals surface area contributed by atoms with Gasteiger partial charge in [0, 0.05) is 25.4 Å². The zero-order valence-electron chi connectivity index (χ0n) is 11.8. The van der Waals surface area contributed by atoms with Crippen LogP contribution in [0.2, 0.25) is 0 Å². The first kappa shape index (κ1) is 14.3. The molecule has 1 aliphatic rings. The first-order valence-corrected chi connectivity index (χ1v) is 6.74. The molecular formula is C14H19N3O3. The van der Waals surface area contributed by atoms with Gasteiger partial charge in [0.2, 0.25) is 5.91 Å². The van der Waals surface area contributed by atoms with Crippen molar-refractivity contribution in [1.29, 1.82) is 0 Å². The third-order valence-corrected chi connectivity index (χ3v) is 3.13. The SMILES string of the molecule is CCOC(=O)CN(C(=O)C=Cc1ccnn1C)C1CC1. The van der Waals surface area contributed by atoms with E-state index in [0.717, 1.165) is 18.5 Å². The van der Waals surface area contributed by atoms with Crippen LogP contribution >= 0.6 is 0 Å². The summed E-state index contributed by atoms with van der Waals surface area (Å²) in [6, 6.07) is 1.99. The summed E-state index contributed by atoms with van der Waals surface area (Å²) in [7, 11) is 1.81. The Kier molecular flexibility index (Phi) is 4.55. The lowest BCUT2D eigenvalue weighted by atomic mass is 10.3. The van der Waals surface area contributed by atoms with Gasteiger partial charge in [-0.05, 0) is 31.9 Å². The minimum Gasteiger partial charge on any atom is -0.465 e. The molecule has 6 heteroatoms. The normalized spacial score (nSPS) is 14.5. The molecule has 1 aliphatic carbocycles. The van der Waals surface area contributed by atoms with Crippen molar-refractivity contribution >= 4 is 18.0 Å². The van der Waals surface area contributed by atoms with Gasteiger partial charge in [0.05, 0.1) is 12.3 Å². The molecule has 0 spiro atoms. The van der Waals surface area contributed by atoms with E-state index in [2.05, 4.69) is 5.10 Å². The Balaban J connectivity index is 1.98. The molecule has 1 fully saturated rings. The van der Waals surface area contributed by atoms with Crippen molar-refractivity contribution in [3.05, 3.63) is 24.0 Å². The third-order valence-electron chi connectivity index (χ3n) is 3.13. The van der Waals surface area contributed by atoms with Crippen LogP contribution in [0.15, 0.2) is 18.3 Å². The Morgan fingerprint density at radius 3 is 2.85 bits per heavy atom. The average Bonchev–Trinajstić information content (AvgIpc) is 3.17. The van der Waals surface area contributed by atoms with E-state index in [9.17, 15) is 9.59 Å². The summed E-state index contributed by atoms with van der Waals surface area (Å²) in [4.78, 5) is 25.3. The van der Waals surface area contributed by atoms with Crippen molar-refractivity contribution in [2.24, 2.45) is 7.05 Å². The highest BCUT2D eigenvalue weighted by Gasteiger charge is 2.33. The Morgan fingerprint density at radius 1 is 1.55 bits per heavy atom. The largest absolute Gasteiger partial charge is 0.465 e. The van der Waals surface area contributed by atoms with Crippen LogP contribution in [0, 0.1) is 0 Å². The quantitative estimate of drug-likeness (QED) is 0.574. The lowest BCUT2D eigenvalue weighted by molar-refractivity contribution is -0.148. The van der Waals surface area contributed by atoms with Crippen LogP contribution in [0.3, 0.4) is 0 Å². The Hall–Kier alpha value is -2.11. The van der Waals surface area contributed by atoms with E-state index in [4.69, 9.17) is 4.74 Å². The Labute approximate surface area is 118 Å². The summed E-state index contributed by atoms with van der Waals surface area (Å²) in [6.45, 7) is 2.10. The zero-order chi connectivity index (χ0) is 14.5. The highest BCUT2D eigenvalue weighted by atomic mass is 16.5. The molecule has 20 heavy (non-hydrogen) atoms. The minimum absolute atomic E-state index is 0.0209. The van der Waals surface area contributed by atoms with E-state index in [1.807, 2.05) is 6.07 Å². The zero-order valence-corrected chi connectivity index (χ0v) is 11.8. The third kappa shape index (κ3) is 3.69. The summed E-state index contributed by atoms with van der Waals surface area (Å²) < 4.78 is 6.58. The smallest absolute Gasteiger partial charge is 0.325 e. The summed E-state index contributed by atoms with van der Waals surface area (Å²) in [5.74, 6) is -0.525. The molecule has 6 nitrogen and oxygen atoms in total. The summed E-state index contributed by atoms with van der Waals surface area (Å²) in [5.41, 5.74) is 0.838. The van der Waals surface area contributed by atoms with Gasteiger partial charge in [0.15, 0.2) is 0 Å². The van der Waals surface area contributed by atoms with E-state index < -0.39 is 0 Å². The molecule has 0 N–H and O–H groups in total. The standard InChI is InChI=1S/C14H19N3O3/c1-3-20-14(19)10-17(12-4-5-12)13(18)7-6-11-8-9-15-16(11)2/h6-9,12H,3-5,10H2,1-2H3. The van der Waals surface area contributed by atoms with Crippen LogP contribution in [-0.4, -0.2) is 45.8 Å². The fourth-order valence-electron chi connectivity index (χ4n) is 1.92. The number of hydrogen-bond acceptors (Lipinski definition) is 4. The number of hydrogen-bond donors (Lipinski definition) is 0. The molecule has 1 saturated carbocycles. The maximum Gasteiger partial charge on any atom is 0.325 e. The van der Waals surface area contributed by atoms with Crippen LogP contribution in [0.5, 0.6) is 0 Å². The van der Waals surface area contributed by atoms with Crippen LogP contribution < -0.4 is 0 Å². The van der Waals surface area contributed by atoms with Gasteiger partial charge in [0.1, 0.15) is 6.54 Å². The van der Waals surface area contributed by atoms with Crippen LogP contribution in [0.25, 0.3) is 6.08 Å². The van der Waals surface area contributed by atoms with Crippen molar-refractivity contribution < 1.29 is 14.3 Å². The van der Waals surface area contributed by atoms with Gasteiger partial charge in [0.25, 0.3) is 0 Å². The van der Waals surface area contributed by atoms with E-state index in [1.54, 1.807) is 35.8 Å². The van der Waals surface area contributed by atoms with Crippen molar-refractivity contribution in [3.63, 3.8) is 0 Å². The molecular weight excluding hydrogens is 258 g/mol. The number of carbonyl (C=O) groups excluding carboxylic acids is 2. The van der Waals surface area contributed by atoms with Crippen molar-refractivity contribution in [3.8, 4) is 0 Å². The number of rotatable bonds is 6. The van der Waals surface area contributed by atoms with Crippen LogP contribution in [0.1, 0.15) is 25.5 Å². The fourth-order valence-corrected chi connectivity index (χ4v) is 1.92. The lowest BCUT2D eigenvalue weighted by Gasteiger charge is -2.19. The number of nitrogens with zero attached hydrogens (tertiary/aromatic N) is 3. The number of aromatic nitrogens is 2. The number of aryl methyl sites for hydroxylation is 1. The second kappa shape index (κ2) is 6.36. The average molecular weight is 277 g/mol. The monoisotopic (exact) mass is 277 g/mol. The van der Waals surface area contributed by atoms with E-state index in [1.165, 1.54) is 6.08 Å². The summed E-state index contributed by atoms with van der Waals surface area (Å²) in [6.07, 6.45) is 6.75. The molecule has 0 atom stereocenters. The predicted molar refractivity (Wildman–Crippen MR) is 73.6 cm³/mol. The number of ether oxygens (including phenoxy) is 1. The first-order valence-electron chi connectivity index (χ1n) is 6.74. The molecule has 2 rings (SSSR count). The molecule has 0 radical (unpaired) electrons. The van der Waals surface area contributed by atoms with Gasteiger partial charge in [-0.1, -0.05) is 0 Å². The molecule has 108 valence electrons. The van der Waals surface area contributed by atoms with Gasteiger partial charge in [-0.2, -0.15) is 5.10 Å². The van der Waals surface area contributed by atoms with Gasteiger partial charge in [-0.15, -0.1) is 0 Å². The molecule has 1 aromatic rings. The van der Waals surface area contributed by atoms with E-state index >= 15 is 0 Å². The fraction of sp³-hybridized carbons (Fsp3) is 0.500. The molecule has 1 heterocycles. The van der Waals surface area contributed by atoms with Crippen molar-refractivity contribution in [1.82, 2.24) is 14.7 Å².